The number of carboxylic acid groups (broad SMARTS) is 4. The lowest BCUT2D eigenvalue weighted by Gasteiger charge is -2.15. The van der Waals surface area contributed by atoms with Crippen LogP contribution in [0, 0.1) is 0 Å². The van der Waals surface area contributed by atoms with Crippen LogP contribution < -0.4 is 0 Å². The molecule has 26 heteroatoms. The summed E-state index contributed by atoms with van der Waals surface area (Å²) in [6.45, 7) is 10.3. The van der Waals surface area contributed by atoms with Gasteiger partial charge >= 0.3 is 47.8 Å². The third-order valence-electron chi connectivity index (χ3n) is 16.5. The molecule has 0 spiro atoms. The van der Waals surface area contributed by atoms with Crippen molar-refractivity contribution in [3.63, 3.8) is 0 Å². The highest BCUT2D eigenvalue weighted by atomic mass is 16.5. The Hall–Kier alpha value is -12.6. The maximum absolute atomic E-state index is 13.6. The van der Waals surface area contributed by atoms with Crippen LogP contribution in [-0.4, -0.2) is 172 Å². The van der Waals surface area contributed by atoms with Gasteiger partial charge < -0.3 is 59.8 Å². The van der Waals surface area contributed by atoms with Gasteiger partial charge in [-0.1, -0.05) is 121 Å². The van der Waals surface area contributed by atoms with E-state index in [-0.39, 0.29) is 79.9 Å². The second-order valence-corrected chi connectivity index (χ2v) is 26.8. The van der Waals surface area contributed by atoms with Crippen LogP contribution in [0.15, 0.2) is 170 Å². The minimum absolute atomic E-state index is 0.136. The summed E-state index contributed by atoms with van der Waals surface area (Å²) < 4.78 is 21.2. The number of ether oxygens (including phenoxy) is 4. The monoisotopic (exact) mass is 1480 g/mol. The fourth-order valence-electron chi connectivity index (χ4n) is 10.6. The first kappa shape index (κ1) is 82.7. The number of ketones is 6. The van der Waals surface area contributed by atoms with Gasteiger partial charge in [0, 0.05) is 70.2 Å². The van der Waals surface area contributed by atoms with Gasteiger partial charge in [-0.05, 0) is 126 Å². The molecule has 8 N–H and O–H groups in total. The van der Waals surface area contributed by atoms with Crippen molar-refractivity contribution in [1.82, 2.24) is 0 Å². The predicted molar refractivity (Wildman–Crippen MR) is 385 cm³/mol. The van der Waals surface area contributed by atoms with Gasteiger partial charge in [0.15, 0.2) is 34.7 Å². The summed E-state index contributed by atoms with van der Waals surface area (Å²) in [5, 5.41) is 78.7. The first-order chi connectivity index (χ1) is 50.5. The summed E-state index contributed by atoms with van der Waals surface area (Å²) in [6.07, 6.45) is 0.845. The van der Waals surface area contributed by atoms with E-state index in [1.807, 2.05) is 0 Å². The highest BCUT2D eigenvalue weighted by Crippen LogP contribution is 2.26. The van der Waals surface area contributed by atoms with Crippen molar-refractivity contribution >= 4 is 82.5 Å². The van der Waals surface area contributed by atoms with Crippen molar-refractivity contribution in [3.8, 4) is 0 Å². The highest BCUT2D eigenvalue weighted by Gasteiger charge is 2.31. The number of rotatable bonds is 32. The number of benzene rings is 8. The smallest absolute Gasteiger partial charge is 0.339 e. The molecule has 0 radical (unpaired) electrons. The molecular formula is C82H76O26. The average molecular weight is 1480 g/mol. The van der Waals surface area contributed by atoms with E-state index in [0.29, 0.717) is 44.5 Å². The molecule has 26 nitrogen and oxygen atoms in total. The van der Waals surface area contributed by atoms with E-state index in [2.05, 4.69) is 0 Å². The Balaban J connectivity index is 0.000000301. The molecule has 0 unspecified atom stereocenters. The largest absolute Gasteiger partial charge is 0.478 e. The zero-order chi connectivity index (χ0) is 79.9. The van der Waals surface area contributed by atoms with Gasteiger partial charge in [-0.2, -0.15) is 0 Å². The van der Waals surface area contributed by atoms with Crippen LogP contribution in [0.25, 0.3) is 0 Å². The molecule has 0 atom stereocenters. The molecule has 0 saturated carbocycles. The first-order valence-corrected chi connectivity index (χ1v) is 33.3. The molecule has 0 aliphatic rings. The zero-order valence-corrected chi connectivity index (χ0v) is 59.7. The van der Waals surface area contributed by atoms with E-state index < -0.39 is 144 Å². The topological polar surface area (TPSA) is 438 Å². The molecule has 0 fully saturated rings. The van der Waals surface area contributed by atoms with Gasteiger partial charge in [-0.25, -0.2) is 38.4 Å². The van der Waals surface area contributed by atoms with E-state index in [0.717, 1.165) is 54.6 Å². The number of hydrogen-bond acceptors (Lipinski definition) is 22. The molecule has 0 bridgehead atoms. The van der Waals surface area contributed by atoms with Gasteiger partial charge in [0.2, 0.25) is 0 Å². The number of carboxylic acids is 4. The van der Waals surface area contributed by atoms with Crippen molar-refractivity contribution in [3.05, 3.63) is 281 Å². The number of aliphatic hydroxyl groups is 4. The standard InChI is InChI=1S/2C41H38O13/c1-40(2,51)34(43)25-9-5-23(6-10-25)17-19-53-38(49)30-16-14-27(21-31(30)37(47)48)33(42)28-13-15-29(36(45)46)32(22-28)39(50)54-20-18-24-7-11-26(12-8-24)35(44)41(3,4)52;1-40(2,51)34(43)25-9-5-23(6-10-25)17-19-53-38(49)31-21-27(13-15-29(31)36(45)46)33(42)28-14-16-30(37(47)48)32(22-28)39(50)54-20-18-24-7-11-26(12-8-24)35(44)41(3,4)52/h2*5-16,21-22,51-52H,17-20H2,1-4H3,(H,45,46)(H,47,48). The van der Waals surface area contributed by atoms with E-state index in [1.54, 1.807) is 48.5 Å². The number of esters is 4. The Labute approximate surface area is 617 Å². The Morgan fingerprint density at radius 1 is 0.241 bits per heavy atom. The molecule has 108 heavy (non-hydrogen) atoms. The average Bonchev–Trinajstić information content (AvgIpc) is 0.798. The Morgan fingerprint density at radius 3 is 0.611 bits per heavy atom. The van der Waals surface area contributed by atoms with Crippen LogP contribution in [0.1, 0.15) is 234 Å². The van der Waals surface area contributed by atoms with Crippen molar-refractivity contribution in [2.45, 2.75) is 103 Å². The molecular weight excluding hydrogens is 1400 g/mol. The summed E-state index contributed by atoms with van der Waals surface area (Å²) >= 11 is 0. The number of carbonyl (C=O) groups is 14. The van der Waals surface area contributed by atoms with Crippen molar-refractivity contribution in [2.75, 3.05) is 26.4 Å². The van der Waals surface area contributed by atoms with Gasteiger partial charge in [0.25, 0.3) is 0 Å². The minimum Gasteiger partial charge on any atom is -0.478 e. The third kappa shape index (κ3) is 21.8. The van der Waals surface area contributed by atoms with Crippen LogP contribution in [-0.2, 0) is 44.6 Å². The SMILES string of the molecule is CC(C)(O)C(=O)c1ccc(CCOC(=O)c2cc(C(=O)c3ccc(C(=O)O)c(C(=O)OCCc4ccc(C(=O)C(C)(C)O)cc4)c3)ccc2C(=O)O)cc1.CC(C)(O)C(=O)c1ccc(CCOC(=O)c2ccc(C(=O)c3ccc(C(=O)O)c(C(=O)OCCc4ccc(C(=O)C(C)(C)O)cc4)c3)cc2C(=O)O)cc1. The van der Waals surface area contributed by atoms with Gasteiger partial charge in [0.1, 0.15) is 22.4 Å². The fourth-order valence-corrected chi connectivity index (χ4v) is 10.6. The van der Waals surface area contributed by atoms with Crippen LogP contribution in [0.4, 0.5) is 0 Å². The normalized spacial score (nSPS) is 11.4. The highest BCUT2D eigenvalue weighted by molar-refractivity contribution is 6.15. The lowest BCUT2D eigenvalue weighted by Crippen LogP contribution is -2.31. The lowest BCUT2D eigenvalue weighted by atomic mass is 9.95. The summed E-state index contributed by atoms with van der Waals surface area (Å²) in [6, 6.07) is 38.3. The number of carbonyl (C=O) groups excluding carboxylic acids is 10. The molecule has 0 aliphatic heterocycles. The van der Waals surface area contributed by atoms with E-state index in [1.165, 1.54) is 122 Å². The quantitative estimate of drug-likeness (QED) is 0.0110. The molecule has 0 aliphatic carbocycles. The van der Waals surface area contributed by atoms with Crippen molar-refractivity contribution in [1.29, 1.82) is 0 Å². The minimum atomic E-state index is -1.55. The number of aromatic carboxylic acids is 4. The summed E-state index contributed by atoms with van der Waals surface area (Å²) in [7, 11) is 0. The van der Waals surface area contributed by atoms with E-state index in [4.69, 9.17) is 18.9 Å². The summed E-state index contributed by atoms with van der Waals surface area (Å²) in [4.78, 5) is 176. The van der Waals surface area contributed by atoms with Gasteiger partial charge in [0.05, 0.1) is 70.9 Å². The second-order valence-electron chi connectivity index (χ2n) is 26.8. The first-order valence-electron chi connectivity index (χ1n) is 33.3. The fraction of sp³-hybridized carbons (Fsp3) is 0.244. The Bertz CT molecular complexity index is 4690. The number of hydrogen-bond donors (Lipinski definition) is 8. The van der Waals surface area contributed by atoms with Crippen molar-refractivity contribution < 1.29 is 127 Å². The van der Waals surface area contributed by atoms with E-state index >= 15 is 0 Å². The summed E-state index contributed by atoms with van der Waals surface area (Å²) in [5.41, 5.74) is -6.27. The molecule has 0 amide bonds. The van der Waals surface area contributed by atoms with Crippen LogP contribution in [0.3, 0.4) is 0 Å². The summed E-state index contributed by atoms with van der Waals surface area (Å²) in [5.74, 6) is -13.3. The van der Waals surface area contributed by atoms with Crippen LogP contribution in [0.5, 0.6) is 0 Å². The third-order valence-corrected chi connectivity index (χ3v) is 16.5. The zero-order valence-electron chi connectivity index (χ0n) is 59.7. The predicted octanol–water partition coefficient (Wildman–Crippen LogP) is 10.0. The number of Topliss-reactive ketones (excluding diaryl/α,β-unsaturated/α-hetero) is 4. The van der Waals surface area contributed by atoms with Crippen molar-refractivity contribution in [2.24, 2.45) is 0 Å². The van der Waals surface area contributed by atoms with Gasteiger partial charge in [-0.15, -0.1) is 0 Å². The molecule has 560 valence electrons. The molecule has 8 rings (SSSR count). The van der Waals surface area contributed by atoms with E-state index in [9.17, 15) is 108 Å². The molecule has 0 saturated heterocycles. The molecule has 8 aromatic rings. The second kappa shape index (κ2) is 35.0. The molecule has 0 aromatic heterocycles. The maximum Gasteiger partial charge on any atom is 0.339 e. The Kier molecular flexibility index (Phi) is 26.8. The molecule has 8 aromatic carbocycles. The Morgan fingerprint density at radius 2 is 0.417 bits per heavy atom. The molecule has 0 heterocycles. The lowest BCUT2D eigenvalue weighted by molar-refractivity contribution is 0.0487. The van der Waals surface area contributed by atoms with Crippen LogP contribution >= 0.6 is 0 Å². The van der Waals surface area contributed by atoms with Crippen LogP contribution in [0.2, 0.25) is 0 Å². The van der Waals surface area contributed by atoms with Gasteiger partial charge in [-0.3, -0.25) is 28.8 Å². The maximum atomic E-state index is 13.6.